The molecule has 1 aromatic heterocycles. The van der Waals surface area contributed by atoms with Gasteiger partial charge in [0.25, 0.3) is 0 Å². The lowest BCUT2D eigenvalue weighted by molar-refractivity contribution is 0.945. The summed E-state index contributed by atoms with van der Waals surface area (Å²) < 4.78 is 0. The molecule has 0 aromatic carbocycles. The van der Waals surface area contributed by atoms with Gasteiger partial charge in [0.15, 0.2) is 5.82 Å². The highest BCUT2D eigenvalue weighted by molar-refractivity contribution is 7.99. The lowest BCUT2D eigenvalue weighted by Gasteiger charge is -2.12. The SMILES string of the molecule is CCCNc1ncc(Cl)c(NCC(C)SC)n1. The van der Waals surface area contributed by atoms with Gasteiger partial charge in [-0.2, -0.15) is 16.7 Å². The molecule has 0 aliphatic heterocycles. The fraction of sp³-hybridized carbons (Fsp3) is 0.636. The summed E-state index contributed by atoms with van der Waals surface area (Å²) in [5.74, 6) is 1.32. The van der Waals surface area contributed by atoms with E-state index < -0.39 is 0 Å². The van der Waals surface area contributed by atoms with E-state index in [2.05, 4.69) is 40.7 Å². The van der Waals surface area contributed by atoms with Gasteiger partial charge in [0.1, 0.15) is 5.02 Å². The largest absolute Gasteiger partial charge is 0.368 e. The van der Waals surface area contributed by atoms with Crippen molar-refractivity contribution < 1.29 is 0 Å². The van der Waals surface area contributed by atoms with E-state index in [1.165, 1.54) is 0 Å². The number of hydrogen-bond donors (Lipinski definition) is 2. The van der Waals surface area contributed by atoms with Crippen molar-refractivity contribution in [3.63, 3.8) is 0 Å². The Kier molecular flexibility index (Phi) is 6.44. The molecular formula is C11H19ClN4S. The molecule has 1 atom stereocenters. The van der Waals surface area contributed by atoms with Crippen molar-refractivity contribution in [3.05, 3.63) is 11.2 Å². The van der Waals surface area contributed by atoms with Crippen molar-refractivity contribution in [2.24, 2.45) is 0 Å². The summed E-state index contributed by atoms with van der Waals surface area (Å²) >= 11 is 7.84. The van der Waals surface area contributed by atoms with E-state index in [0.29, 0.717) is 22.0 Å². The number of anilines is 2. The maximum atomic E-state index is 6.03. The van der Waals surface area contributed by atoms with Gasteiger partial charge in [-0.15, -0.1) is 0 Å². The Morgan fingerprint density at radius 1 is 1.47 bits per heavy atom. The number of nitrogens with zero attached hydrogens (tertiary/aromatic N) is 2. The maximum Gasteiger partial charge on any atom is 0.224 e. The number of rotatable bonds is 7. The minimum absolute atomic E-state index is 0.521. The summed E-state index contributed by atoms with van der Waals surface area (Å²) in [6.45, 7) is 5.96. The minimum atomic E-state index is 0.521. The Labute approximate surface area is 112 Å². The standard InChI is InChI=1S/C11H19ClN4S/c1-4-5-13-11-15-7-9(12)10(16-11)14-6-8(2)17-3/h7-8H,4-6H2,1-3H3,(H2,13,14,15,16). The van der Waals surface area contributed by atoms with Gasteiger partial charge in [0.05, 0.1) is 6.20 Å². The molecule has 4 nitrogen and oxygen atoms in total. The summed E-state index contributed by atoms with van der Waals surface area (Å²) in [6, 6.07) is 0. The number of aromatic nitrogens is 2. The molecule has 17 heavy (non-hydrogen) atoms. The third-order valence-electron chi connectivity index (χ3n) is 2.24. The summed E-state index contributed by atoms with van der Waals surface area (Å²) in [4.78, 5) is 8.47. The molecule has 1 aromatic rings. The van der Waals surface area contributed by atoms with Crippen LogP contribution in [-0.4, -0.2) is 34.6 Å². The van der Waals surface area contributed by atoms with Gasteiger partial charge < -0.3 is 10.6 Å². The molecule has 1 unspecified atom stereocenters. The fourth-order valence-electron chi connectivity index (χ4n) is 1.14. The van der Waals surface area contributed by atoms with E-state index >= 15 is 0 Å². The van der Waals surface area contributed by atoms with Gasteiger partial charge in [-0.25, -0.2) is 4.98 Å². The Balaban J connectivity index is 2.62. The van der Waals surface area contributed by atoms with Crippen LogP contribution in [0.1, 0.15) is 20.3 Å². The normalized spacial score (nSPS) is 12.2. The van der Waals surface area contributed by atoms with E-state index in [1.807, 2.05) is 0 Å². The first-order valence-electron chi connectivity index (χ1n) is 5.70. The molecule has 0 aliphatic carbocycles. The van der Waals surface area contributed by atoms with Crippen molar-refractivity contribution in [1.29, 1.82) is 0 Å². The Morgan fingerprint density at radius 3 is 2.88 bits per heavy atom. The highest BCUT2D eigenvalue weighted by Gasteiger charge is 2.06. The topological polar surface area (TPSA) is 49.8 Å². The summed E-state index contributed by atoms with van der Waals surface area (Å²) in [6.07, 6.45) is 4.75. The second-order valence-corrected chi connectivity index (χ2v) is 5.43. The number of hydrogen-bond acceptors (Lipinski definition) is 5. The molecule has 0 fully saturated rings. The first-order valence-corrected chi connectivity index (χ1v) is 7.37. The smallest absolute Gasteiger partial charge is 0.224 e. The molecule has 2 N–H and O–H groups in total. The molecule has 0 amide bonds. The van der Waals surface area contributed by atoms with Gasteiger partial charge >= 0.3 is 0 Å². The number of halogens is 1. The van der Waals surface area contributed by atoms with Crippen LogP contribution in [-0.2, 0) is 0 Å². The zero-order valence-corrected chi connectivity index (χ0v) is 12.0. The van der Waals surface area contributed by atoms with E-state index in [4.69, 9.17) is 11.6 Å². The van der Waals surface area contributed by atoms with Crippen molar-refractivity contribution in [1.82, 2.24) is 9.97 Å². The predicted molar refractivity (Wildman–Crippen MR) is 77.3 cm³/mol. The molecule has 1 heterocycles. The lowest BCUT2D eigenvalue weighted by Crippen LogP contribution is -2.15. The molecule has 96 valence electrons. The molecule has 0 saturated heterocycles. The van der Waals surface area contributed by atoms with Crippen LogP contribution in [0.4, 0.5) is 11.8 Å². The third-order valence-corrected chi connectivity index (χ3v) is 3.48. The second-order valence-electron chi connectivity index (χ2n) is 3.74. The highest BCUT2D eigenvalue weighted by Crippen LogP contribution is 2.20. The van der Waals surface area contributed by atoms with Crippen LogP contribution in [0.25, 0.3) is 0 Å². The number of thioether (sulfide) groups is 1. The number of nitrogens with one attached hydrogen (secondary N) is 2. The summed E-state index contributed by atoms with van der Waals surface area (Å²) in [5, 5.41) is 7.45. The zero-order valence-electron chi connectivity index (χ0n) is 10.5. The van der Waals surface area contributed by atoms with E-state index in [0.717, 1.165) is 19.5 Å². The van der Waals surface area contributed by atoms with Gasteiger partial charge in [-0.05, 0) is 12.7 Å². The molecule has 0 radical (unpaired) electrons. The Hall–Kier alpha value is -0.680. The monoisotopic (exact) mass is 274 g/mol. The average Bonchev–Trinajstić information content (AvgIpc) is 2.35. The Bertz CT molecular complexity index is 348. The van der Waals surface area contributed by atoms with Gasteiger partial charge in [0.2, 0.25) is 5.95 Å². The average molecular weight is 275 g/mol. The molecule has 1 rings (SSSR count). The van der Waals surface area contributed by atoms with Gasteiger partial charge in [-0.1, -0.05) is 25.4 Å². The van der Waals surface area contributed by atoms with Crippen molar-refractivity contribution in [2.75, 3.05) is 30.0 Å². The van der Waals surface area contributed by atoms with Crippen LogP contribution in [0, 0.1) is 0 Å². The van der Waals surface area contributed by atoms with Crippen LogP contribution in [0.15, 0.2) is 6.20 Å². The van der Waals surface area contributed by atoms with Crippen LogP contribution < -0.4 is 10.6 Å². The van der Waals surface area contributed by atoms with Crippen molar-refractivity contribution in [2.45, 2.75) is 25.5 Å². The first-order chi connectivity index (χ1) is 8.17. The predicted octanol–water partition coefficient (Wildman–Crippen LogP) is 3.12. The zero-order chi connectivity index (χ0) is 12.7. The van der Waals surface area contributed by atoms with E-state index in [-0.39, 0.29) is 0 Å². The molecule has 0 bridgehead atoms. The maximum absolute atomic E-state index is 6.03. The van der Waals surface area contributed by atoms with Crippen LogP contribution >= 0.6 is 23.4 Å². The third kappa shape index (κ3) is 5.00. The molecule has 0 spiro atoms. The van der Waals surface area contributed by atoms with Crippen molar-refractivity contribution in [3.8, 4) is 0 Å². The summed E-state index contributed by atoms with van der Waals surface area (Å²) in [5.41, 5.74) is 0. The molecule has 6 heteroatoms. The van der Waals surface area contributed by atoms with Gasteiger partial charge in [0, 0.05) is 18.3 Å². The lowest BCUT2D eigenvalue weighted by atomic mass is 10.4. The second kappa shape index (κ2) is 7.61. The fourth-order valence-corrected chi connectivity index (χ4v) is 1.54. The minimum Gasteiger partial charge on any atom is -0.368 e. The van der Waals surface area contributed by atoms with Crippen LogP contribution in [0.5, 0.6) is 0 Å². The first kappa shape index (κ1) is 14.4. The molecule has 0 aliphatic rings. The van der Waals surface area contributed by atoms with Crippen LogP contribution in [0.3, 0.4) is 0 Å². The van der Waals surface area contributed by atoms with Crippen molar-refractivity contribution >= 4 is 35.1 Å². The molecular weight excluding hydrogens is 256 g/mol. The van der Waals surface area contributed by atoms with E-state index in [9.17, 15) is 0 Å². The Morgan fingerprint density at radius 2 is 2.24 bits per heavy atom. The molecule has 0 saturated carbocycles. The summed E-state index contributed by atoms with van der Waals surface area (Å²) in [7, 11) is 0. The van der Waals surface area contributed by atoms with Gasteiger partial charge in [-0.3, -0.25) is 0 Å². The highest BCUT2D eigenvalue weighted by atomic mass is 35.5. The van der Waals surface area contributed by atoms with Crippen LogP contribution in [0.2, 0.25) is 5.02 Å². The quantitative estimate of drug-likeness (QED) is 0.800. The van der Waals surface area contributed by atoms with E-state index in [1.54, 1.807) is 18.0 Å².